The smallest absolute Gasteiger partial charge is 0.197 e. The molecule has 0 unspecified atom stereocenters. The number of hydrogen-bond acceptors (Lipinski definition) is 1. The first-order valence-electron chi connectivity index (χ1n) is 5.65. The Labute approximate surface area is 107 Å². The van der Waals surface area contributed by atoms with E-state index in [9.17, 15) is 17.6 Å². The summed E-state index contributed by atoms with van der Waals surface area (Å²) in [5.41, 5.74) is -0.463. The van der Waals surface area contributed by atoms with E-state index in [-0.39, 0.29) is 17.6 Å². The number of halogens is 4. The molecule has 0 N–H and O–H groups in total. The molecule has 0 aliphatic heterocycles. The Balaban J connectivity index is 2.75. The first-order chi connectivity index (χ1) is 8.28. The Kier molecular flexibility index (Phi) is 4.92. The van der Waals surface area contributed by atoms with Crippen molar-refractivity contribution in [3.63, 3.8) is 0 Å². The van der Waals surface area contributed by atoms with E-state index in [0.29, 0.717) is 29.4 Å². The summed E-state index contributed by atoms with van der Waals surface area (Å²) < 4.78 is 57.3. The Morgan fingerprint density at radius 1 is 1.11 bits per heavy atom. The highest BCUT2D eigenvalue weighted by atomic mass is 28.2. The molecule has 1 nitrogen and oxygen atoms in total. The lowest BCUT2D eigenvalue weighted by Gasteiger charge is -2.23. The average molecular weight is 280 g/mol. The van der Waals surface area contributed by atoms with Gasteiger partial charge < -0.3 is 4.43 Å². The zero-order valence-electron chi connectivity index (χ0n) is 10.6. The average Bonchev–Trinajstić information content (AvgIpc) is 2.33. The summed E-state index contributed by atoms with van der Waals surface area (Å²) >= 11 is 0. The van der Waals surface area contributed by atoms with Gasteiger partial charge in [0.1, 0.15) is 10.5 Å². The lowest BCUT2D eigenvalue weighted by atomic mass is 9.98. The minimum Gasteiger partial charge on any atom is -0.423 e. The number of aryl methyl sites for hydroxylation is 1. The number of rotatable bonds is 5. The van der Waals surface area contributed by atoms with Crippen molar-refractivity contribution in [1.82, 2.24) is 0 Å². The third-order valence-corrected chi connectivity index (χ3v) is 4.06. The molecule has 0 aromatic heterocycles. The summed E-state index contributed by atoms with van der Waals surface area (Å²) in [5.74, 6) is -6.18. The normalized spacial score (nSPS) is 12.1. The standard InChI is InChI=1S/C12H16F4OSi/c1-12(2,17-18)5-3-4-7-6-8(13)10(15)11(16)9(7)14/h6H,3-5H2,1-2,18H3. The van der Waals surface area contributed by atoms with E-state index in [1.165, 1.54) is 0 Å². The SMILES string of the molecule is CC(C)(CCCc1cc(F)c(F)c(F)c1F)O[SiH3]. The monoisotopic (exact) mass is 280 g/mol. The van der Waals surface area contributed by atoms with Crippen LogP contribution in [0.25, 0.3) is 0 Å². The Morgan fingerprint density at radius 3 is 2.28 bits per heavy atom. The van der Waals surface area contributed by atoms with E-state index in [1.807, 2.05) is 13.8 Å². The highest BCUT2D eigenvalue weighted by Gasteiger charge is 2.20. The highest BCUT2D eigenvalue weighted by molar-refractivity contribution is 5.98. The zero-order valence-corrected chi connectivity index (χ0v) is 12.6. The van der Waals surface area contributed by atoms with Crippen LogP contribution in [-0.4, -0.2) is 16.1 Å². The van der Waals surface area contributed by atoms with Gasteiger partial charge in [-0.15, -0.1) is 0 Å². The van der Waals surface area contributed by atoms with Gasteiger partial charge in [-0.3, -0.25) is 0 Å². The van der Waals surface area contributed by atoms with Crippen LogP contribution in [0.1, 0.15) is 32.3 Å². The van der Waals surface area contributed by atoms with Crippen molar-refractivity contribution in [2.45, 2.75) is 38.7 Å². The zero-order chi connectivity index (χ0) is 13.9. The van der Waals surface area contributed by atoms with Crippen LogP contribution in [0.2, 0.25) is 0 Å². The van der Waals surface area contributed by atoms with Gasteiger partial charge in [0, 0.05) is 5.60 Å². The lowest BCUT2D eigenvalue weighted by Crippen LogP contribution is -2.23. The van der Waals surface area contributed by atoms with E-state index in [1.54, 1.807) is 0 Å². The molecular formula is C12H16F4OSi. The van der Waals surface area contributed by atoms with Crippen LogP contribution in [0.4, 0.5) is 17.6 Å². The van der Waals surface area contributed by atoms with Crippen molar-refractivity contribution in [1.29, 1.82) is 0 Å². The van der Waals surface area contributed by atoms with Gasteiger partial charge in [0.2, 0.25) is 0 Å². The molecule has 0 amide bonds. The first kappa shape index (κ1) is 15.2. The van der Waals surface area contributed by atoms with Crippen molar-refractivity contribution in [2.24, 2.45) is 0 Å². The summed E-state index contributed by atoms with van der Waals surface area (Å²) in [6.07, 6.45) is 1.29. The Bertz CT molecular complexity index is 435. The van der Waals surface area contributed by atoms with Crippen LogP contribution in [0.5, 0.6) is 0 Å². The van der Waals surface area contributed by atoms with Crippen molar-refractivity contribution < 1.29 is 22.0 Å². The second kappa shape index (κ2) is 5.84. The minimum absolute atomic E-state index is 0.143. The van der Waals surface area contributed by atoms with Gasteiger partial charge in [-0.05, 0) is 44.7 Å². The van der Waals surface area contributed by atoms with Crippen LogP contribution in [0, 0.1) is 23.3 Å². The Morgan fingerprint density at radius 2 is 1.72 bits per heavy atom. The molecule has 6 heteroatoms. The van der Waals surface area contributed by atoms with Crippen molar-refractivity contribution in [3.05, 3.63) is 34.9 Å². The summed E-state index contributed by atoms with van der Waals surface area (Å²) in [5, 5.41) is 0. The molecule has 0 fully saturated rings. The predicted molar refractivity (Wildman–Crippen MR) is 64.3 cm³/mol. The maximum Gasteiger partial charge on any atom is 0.197 e. The quantitative estimate of drug-likeness (QED) is 0.349. The van der Waals surface area contributed by atoms with E-state index >= 15 is 0 Å². The summed E-state index contributed by atoms with van der Waals surface area (Å²) in [6.45, 7) is 3.78. The second-order valence-corrected chi connectivity index (χ2v) is 5.19. The van der Waals surface area contributed by atoms with Gasteiger partial charge in [-0.2, -0.15) is 0 Å². The summed E-state index contributed by atoms with van der Waals surface area (Å²) in [7, 11) is 0.585. The van der Waals surface area contributed by atoms with Gasteiger partial charge in [0.15, 0.2) is 23.3 Å². The molecule has 102 valence electrons. The third kappa shape index (κ3) is 3.55. The summed E-state index contributed by atoms with van der Waals surface area (Å²) in [4.78, 5) is 0. The Hall–Kier alpha value is -0.883. The first-order valence-corrected chi connectivity index (χ1v) is 6.47. The van der Waals surface area contributed by atoms with E-state index in [4.69, 9.17) is 4.43 Å². The van der Waals surface area contributed by atoms with Crippen LogP contribution in [0.3, 0.4) is 0 Å². The van der Waals surface area contributed by atoms with Gasteiger partial charge in [0.05, 0.1) is 0 Å². The largest absolute Gasteiger partial charge is 0.423 e. The van der Waals surface area contributed by atoms with Gasteiger partial charge in [-0.1, -0.05) is 0 Å². The van der Waals surface area contributed by atoms with Crippen LogP contribution in [-0.2, 0) is 10.8 Å². The molecule has 0 atom stereocenters. The van der Waals surface area contributed by atoms with Crippen molar-refractivity contribution in [2.75, 3.05) is 0 Å². The summed E-state index contributed by atoms with van der Waals surface area (Å²) in [6, 6.07) is 0.711. The van der Waals surface area contributed by atoms with Gasteiger partial charge in [0.25, 0.3) is 0 Å². The van der Waals surface area contributed by atoms with E-state index < -0.39 is 23.3 Å². The van der Waals surface area contributed by atoms with E-state index in [2.05, 4.69) is 0 Å². The fourth-order valence-corrected chi connectivity index (χ4v) is 1.81. The molecule has 0 bridgehead atoms. The minimum atomic E-state index is -1.76. The molecule has 0 aliphatic carbocycles. The lowest BCUT2D eigenvalue weighted by molar-refractivity contribution is 0.110. The van der Waals surface area contributed by atoms with Gasteiger partial charge >= 0.3 is 0 Å². The molecular weight excluding hydrogens is 264 g/mol. The fraction of sp³-hybridized carbons (Fsp3) is 0.500. The molecule has 1 aromatic rings. The molecule has 0 heterocycles. The van der Waals surface area contributed by atoms with Crippen LogP contribution >= 0.6 is 0 Å². The molecule has 0 saturated heterocycles. The predicted octanol–water partition coefficient (Wildman–Crippen LogP) is 2.64. The molecule has 0 aliphatic rings. The van der Waals surface area contributed by atoms with Crippen LogP contribution < -0.4 is 0 Å². The second-order valence-electron chi connectivity index (χ2n) is 4.78. The maximum atomic E-state index is 13.3. The van der Waals surface area contributed by atoms with Crippen molar-refractivity contribution >= 4 is 10.5 Å². The van der Waals surface area contributed by atoms with Crippen molar-refractivity contribution in [3.8, 4) is 0 Å². The third-order valence-electron chi connectivity index (χ3n) is 2.96. The number of benzene rings is 1. The fourth-order valence-electron chi connectivity index (χ4n) is 1.61. The van der Waals surface area contributed by atoms with Gasteiger partial charge in [-0.25, -0.2) is 17.6 Å². The molecule has 18 heavy (non-hydrogen) atoms. The number of hydrogen-bond donors (Lipinski definition) is 0. The molecule has 1 rings (SSSR count). The topological polar surface area (TPSA) is 9.23 Å². The van der Waals surface area contributed by atoms with Crippen LogP contribution in [0.15, 0.2) is 6.07 Å². The highest BCUT2D eigenvalue weighted by Crippen LogP contribution is 2.22. The maximum absolute atomic E-state index is 13.3. The molecule has 0 radical (unpaired) electrons. The molecule has 0 saturated carbocycles. The van der Waals surface area contributed by atoms with E-state index in [0.717, 1.165) is 0 Å². The molecule has 0 spiro atoms. The molecule has 1 aromatic carbocycles.